The van der Waals surface area contributed by atoms with E-state index in [-0.39, 0.29) is 18.3 Å². The second-order valence-electron chi connectivity index (χ2n) is 4.49. The number of carbonyl (C=O) groups is 1. The van der Waals surface area contributed by atoms with Crippen molar-refractivity contribution in [1.82, 2.24) is 0 Å². The van der Waals surface area contributed by atoms with E-state index in [2.05, 4.69) is 0 Å². The maximum absolute atomic E-state index is 11.8. The van der Waals surface area contributed by atoms with Crippen LogP contribution >= 0.6 is 0 Å². The first kappa shape index (κ1) is 14.9. The van der Waals surface area contributed by atoms with E-state index < -0.39 is 27.2 Å². The van der Waals surface area contributed by atoms with Gasteiger partial charge in [0.1, 0.15) is 6.61 Å². The van der Waals surface area contributed by atoms with Gasteiger partial charge in [-0.25, -0.2) is 4.79 Å². The van der Waals surface area contributed by atoms with Crippen molar-refractivity contribution in [3.63, 3.8) is 0 Å². The number of nitro groups is 2. The van der Waals surface area contributed by atoms with E-state index in [1.807, 2.05) is 0 Å². The molecular weight excluding hydrogens is 284 g/mol. The molecule has 21 heavy (non-hydrogen) atoms. The first-order chi connectivity index (χ1) is 9.97. The monoisotopic (exact) mass is 296 g/mol. The highest BCUT2D eigenvalue weighted by Crippen LogP contribution is 2.23. The van der Waals surface area contributed by atoms with Crippen LogP contribution in [0.2, 0.25) is 0 Å². The van der Waals surface area contributed by atoms with Crippen LogP contribution in [0.4, 0.5) is 11.4 Å². The number of ether oxygens (including phenoxy) is 2. The molecule has 0 amide bonds. The summed E-state index contributed by atoms with van der Waals surface area (Å²) in [5.41, 5.74) is -1.30. The third-order valence-corrected chi connectivity index (χ3v) is 2.98. The minimum Gasteiger partial charge on any atom is -0.459 e. The Kier molecular flexibility index (Phi) is 4.43. The van der Waals surface area contributed by atoms with Gasteiger partial charge in [-0.15, -0.1) is 0 Å². The van der Waals surface area contributed by atoms with Gasteiger partial charge in [0.05, 0.1) is 27.6 Å². The van der Waals surface area contributed by atoms with Crippen LogP contribution < -0.4 is 0 Å². The molecule has 0 aliphatic carbocycles. The van der Waals surface area contributed by atoms with Crippen molar-refractivity contribution in [2.75, 3.05) is 13.2 Å². The van der Waals surface area contributed by atoms with Gasteiger partial charge >= 0.3 is 5.97 Å². The number of rotatable bonds is 5. The van der Waals surface area contributed by atoms with E-state index in [0.717, 1.165) is 31.0 Å². The zero-order chi connectivity index (χ0) is 15.4. The minimum atomic E-state index is -0.850. The molecule has 9 heteroatoms. The molecule has 0 spiro atoms. The Labute approximate surface area is 118 Å². The van der Waals surface area contributed by atoms with Gasteiger partial charge in [-0.2, -0.15) is 0 Å². The number of hydrogen-bond acceptors (Lipinski definition) is 7. The normalized spacial score (nSPS) is 17.4. The van der Waals surface area contributed by atoms with Gasteiger partial charge in [0.25, 0.3) is 11.4 Å². The number of nitro benzene ring substituents is 2. The number of hydrogen-bond donors (Lipinski definition) is 0. The predicted molar refractivity (Wildman–Crippen MR) is 69.0 cm³/mol. The minimum absolute atomic E-state index is 0.0231. The number of benzene rings is 1. The van der Waals surface area contributed by atoms with Gasteiger partial charge in [-0.3, -0.25) is 20.2 Å². The summed E-state index contributed by atoms with van der Waals surface area (Å²) >= 11 is 0. The second-order valence-corrected chi connectivity index (χ2v) is 4.49. The summed E-state index contributed by atoms with van der Waals surface area (Å²) in [6.45, 7) is 0.625. The molecular formula is C12H12N2O7. The number of esters is 1. The molecule has 0 N–H and O–H groups in total. The average molecular weight is 296 g/mol. The highest BCUT2D eigenvalue weighted by Gasteiger charge is 2.22. The molecule has 9 nitrogen and oxygen atoms in total. The van der Waals surface area contributed by atoms with Crippen LogP contribution in [0.15, 0.2) is 18.2 Å². The average Bonchev–Trinajstić information content (AvgIpc) is 2.97. The third-order valence-electron chi connectivity index (χ3n) is 2.98. The molecule has 0 radical (unpaired) electrons. The highest BCUT2D eigenvalue weighted by atomic mass is 16.6. The van der Waals surface area contributed by atoms with Gasteiger partial charge < -0.3 is 9.47 Å². The summed E-state index contributed by atoms with van der Waals surface area (Å²) in [4.78, 5) is 31.7. The highest BCUT2D eigenvalue weighted by molar-refractivity contribution is 5.91. The van der Waals surface area contributed by atoms with Crippen molar-refractivity contribution in [2.24, 2.45) is 0 Å². The maximum atomic E-state index is 11.8. The summed E-state index contributed by atoms with van der Waals surface area (Å²) in [5.74, 6) is -0.850. The molecule has 1 saturated heterocycles. The lowest BCUT2D eigenvalue weighted by atomic mass is 10.2. The van der Waals surface area contributed by atoms with E-state index in [1.54, 1.807) is 0 Å². The smallest absolute Gasteiger partial charge is 0.338 e. The number of nitrogens with zero attached hydrogens (tertiary/aromatic N) is 2. The van der Waals surface area contributed by atoms with Crippen molar-refractivity contribution >= 4 is 17.3 Å². The van der Waals surface area contributed by atoms with Crippen molar-refractivity contribution in [1.29, 1.82) is 0 Å². The summed E-state index contributed by atoms with van der Waals surface area (Å²) < 4.78 is 10.2. The van der Waals surface area contributed by atoms with Gasteiger partial charge in [0.15, 0.2) is 0 Å². The molecule has 0 bridgehead atoms. The van der Waals surface area contributed by atoms with Crippen LogP contribution in [0, 0.1) is 20.2 Å². The first-order valence-corrected chi connectivity index (χ1v) is 6.20. The molecule has 2 rings (SSSR count). The molecule has 1 aliphatic heterocycles. The Morgan fingerprint density at radius 3 is 2.33 bits per heavy atom. The Morgan fingerprint density at radius 1 is 1.24 bits per heavy atom. The lowest BCUT2D eigenvalue weighted by Gasteiger charge is -2.10. The van der Waals surface area contributed by atoms with Crippen molar-refractivity contribution in [3.8, 4) is 0 Å². The van der Waals surface area contributed by atoms with Crippen molar-refractivity contribution in [2.45, 2.75) is 18.9 Å². The molecule has 1 heterocycles. The maximum Gasteiger partial charge on any atom is 0.338 e. The molecule has 0 aromatic heterocycles. The zero-order valence-electron chi connectivity index (χ0n) is 10.9. The first-order valence-electron chi connectivity index (χ1n) is 6.20. The fourth-order valence-electron chi connectivity index (χ4n) is 1.95. The van der Waals surface area contributed by atoms with Crippen LogP contribution in [0.3, 0.4) is 0 Å². The predicted octanol–water partition coefficient (Wildman–Crippen LogP) is 1.84. The molecule has 1 aliphatic rings. The second kappa shape index (κ2) is 6.27. The van der Waals surface area contributed by atoms with Crippen molar-refractivity contribution < 1.29 is 24.1 Å². The Balaban J connectivity index is 2.14. The fraction of sp³-hybridized carbons (Fsp3) is 0.417. The SMILES string of the molecule is O=C(OC[C@H]1CCCO1)c1cc([N+](=O)[O-])cc([N+](=O)[O-])c1. The fourth-order valence-corrected chi connectivity index (χ4v) is 1.95. The molecule has 1 aromatic carbocycles. The number of carbonyl (C=O) groups excluding carboxylic acids is 1. The van der Waals surface area contributed by atoms with Crippen LogP contribution in [0.25, 0.3) is 0 Å². The van der Waals surface area contributed by atoms with Gasteiger partial charge in [0, 0.05) is 18.7 Å². The van der Waals surface area contributed by atoms with E-state index in [9.17, 15) is 25.0 Å². The third kappa shape index (κ3) is 3.72. The summed E-state index contributed by atoms with van der Waals surface area (Å²) in [5, 5.41) is 21.5. The van der Waals surface area contributed by atoms with Gasteiger partial charge in [0.2, 0.25) is 0 Å². The molecule has 1 fully saturated rings. The van der Waals surface area contributed by atoms with Crippen molar-refractivity contribution in [3.05, 3.63) is 44.0 Å². The summed E-state index contributed by atoms with van der Waals surface area (Å²) in [7, 11) is 0. The number of non-ortho nitro benzene ring substituents is 2. The Morgan fingerprint density at radius 2 is 1.86 bits per heavy atom. The van der Waals surface area contributed by atoms with Crippen LogP contribution in [-0.2, 0) is 9.47 Å². The quantitative estimate of drug-likeness (QED) is 0.461. The van der Waals surface area contributed by atoms with Gasteiger partial charge in [-0.1, -0.05) is 0 Å². The summed E-state index contributed by atoms with van der Waals surface area (Å²) in [6.07, 6.45) is 1.45. The van der Waals surface area contributed by atoms with Crippen LogP contribution in [0.5, 0.6) is 0 Å². The lowest BCUT2D eigenvalue weighted by molar-refractivity contribution is -0.394. The molecule has 1 atom stereocenters. The Hall–Kier alpha value is -2.55. The van der Waals surface area contributed by atoms with Crippen LogP contribution in [-0.4, -0.2) is 35.1 Å². The zero-order valence-corrected chi connectivity index (χ0v) is 10.9. The van der Waals surface area contributed by atoms with E-state index >= 15 is 0 Å². The standard InChI is InChI=1S/C12H12N2O7/c15-12(21-7-11-2-1-3-20-11)8-4-9(13(16)17)6-10(5-8)14(18)19/h4-6,11H,1-3,7H2/t11-/m1/s1. The molecule has 1 aromatic rings. The van der Waals surface area contributed by atoms with Gasteiger partial charge in [-0.05, 0) is 12.8 Å². The van der Waals surface area contributed by atoms with E-state index in [0.29, 0.717) is 6.61 Å². The topological polar surface area (TPSA) is 122 Å². The molecule has 112 valence electrons. The summed E-state index contributed by atoms with van der Waals surface area (Å²) in [6, 6.07) is 2.69. The molecule has 0 unspecified atom stereocenters. The largest absolute Gasteiger partial charge is 0.459 e. The van der Waals surface area contributed by atoms with Crippen LogP contribution in [0.1, 0.15) is 23.2 Å². The van der Waals surface area contributed by atoms with E-state index in [1.165, 1.54) is 0 Å². The Bertz CT molecular complexity index is 549. The lowest BCUT2D eigenvalue weighted by Crippen LogP contribution is -2.18. The van der Waals surface area contributed by atoms with E-state index in [4.69, 9.17) is 9.47 Å². The molecule has 0 saturated carbocycles.